The van der Waals surface area contributed by atoms with Crippen LogP contribution in [0.1, 0.15) is 68.9 Å². The van der Waals surface area contributed by atoms with Crippen LogP contribution in [0.2, 0.25) is 0 Å². The Labute approximate surface area is 173 Å². The summed E-state index contributed by atoms with van der Waals surface area (Å²) in [5.74, 6) is 1.71. The molecular weight excluding hydrogens is 364 g/mol. The van der Waals surface area contributed by atoms with E-state index in [0.717, 1.165) is 25.9 Å². The van der Waals surface area contributed by atoms with Crippen molar-refractivity contribution in [2.75, 3.05) is 13.1 Å². The molecule has 2 fully saturated rings. The number of carbonyl (C=O) groups is 1. The van der Waals surface area contributed by atoms with E-state index in [0.29, 0.717) is 30.1 Å². The number of aryl methyl sites for hydroxylation is 1. The summed E-state index contributed by atoms with van der Waals surface area (Å²) in [4.78, 5) is 20.6. The second-order valence-corrected chi connectivity index (χ2v) is 9.96. The van der Waals surface area contributed by atoms with Crippen molar-refractivity contribution >= 4 is 17.1 Å². The lowest BCUT2D eigenvalue weighted by Gasteiger charge is -2.41. The number of carbonyl (C=O) groups excluding carboxylic acids is 1. The van der Waals surface area contributed by atoms with Crippen LogP contribution in [0.4, 0.5) is 0 Å². The third kappa shape index (κ3) is 4.72. The van der Waals surface area contributed by atoms with Gasteiger partial charge in [0.1, 0.15) is 5.78 Å². The topological polar surface area (TPSA) is 33.2 Å². The Bertz CT molecular complexity index is 783. The summed E-state index contributed by atoms with van der Waals surface area (Å²) in [6.07, 6.45) is 9.53. The highest BCUT2D eigenvalue weighted by atomic mass is 32.1. The van der Waals surface area contributed by atoms with Crippen molar-refractivity contribution in [3.8, 4) is 10.4 Å². The highest BCUT2D eigenvalue weighted by Crippen LogP contribution is 2.35. The van der Waals surface area contributed by atoms with Crippen molar-refractivity contribution in [1.29, 1.82) is 0 Å². The first-order valence-corrected chi connectivity index (χ1v) is 11.7. The minimum atomic E-state index is 0.444. The highest BCUT2D eigenvalue weighted by Gasteiger charge is 2.31. The zero-order valence-electron chi connectivity index (χ0n) is 17.2. The number of Topliss-reactive ketones (excluding diaryl/α,β-unsaturated/α-hetero) is 1. The fraction of sp³-hybridized carbons (Fsp3) is 0.583. The number of benzene rings is 1. The molecule has 1 aromatic heterocycles. The maximum atomic E-state index is 12.2. The first-order chi connectivity index (χ1) is 13.6. The maximum Gasteiger partial charge on any atom is 0.133 e. The van der Waals surface area contributed by atoms with Gasteiger partial charge in [0.05, 0.1) is 9.88 Å². The van der Waals surface area contributed by atoms with Gasteiger partial charge in [0.15, 0.2) is 0 Å². The molecule has 1 aliphatic heterocycles. The minimum Gasteiger partial charge on any atom is -0.300 e. The lowest BCUT2D eigenvalue weighted by atomic mass is 9.97. The van der Waals surface area contributed by atoms with Crippen molar-refractivity contribution in [2.24, 2.45) is 5.92 Å². The summed E-state index contributed by atoms with van der Waals surface area (Å²) in [6, 6.07) is 9.38. The molecule has 0 amide bonds. The third-order valence-electron chi connectivity index (χ3n) is 6.43. The van der Waals surface area contributed by atoms with Gasteiger partial charge in [-0.05, 0) is 37.3 Å². The fourth-order valence-electron chi connectivity index (χ4n) is 4.46. The Morgan fingerprint density at radius 2 is 1.89 bits per heavy atom. The molecule has 0 spiro atoms. The van der Waals surface area contributed by atoms with Crippen LogP contribution >= 0.6 is 11.3 Å². The van der Waals surface area contributed by atoms with E-state index in [1.54, 1.807) is 0 Å². The van der Waals surface area contributed by atoms with E-state index in [-0.39, 0.29) is 0 Å². The largest absolute Gasteiger partial charge is 0.300 e. The van der Waals surface area contributed by atoms with Gasteiger partial charge in [0.2, 0.25) is 0 Å². The van der Waals surface area contributed by atoms with E-state index in [2.05, 4.69) is 48.0 Å². The number of ketones is 1. The van der Waals surface area contributed by atoms with E-state index in [1.165, 1.54) is 46.7 Å². The summed E-state index contributed by atoms with van der Waals surface area (Å²) in [5, 5.41) is 1.27. The lowest BCUT2D eigenvalue weighted by Crippen LogP contribution is -2.48. The Kier molecular flexibility index (Phi) is 6.27. The summed E-state index contributed by atoms with van der Waals surface area (Å²) < 4.78 is 0. The van der Waals surface area contributed by atoms with E-state index in [4.69, 9.17) is 0 Å². The molecule has 0 atom stereocenters. The van der Waals surface area contributed by atoms with Crippen LogP contribution in [0.5, 0.6) is 0 Å². The molecule has 0 radical (unpaired) electrons. The highest BCUT2D eigenvalue weighted by molar-refractivity contribution is 7.15. The standard InChI is InChI=1S/C24H32N2OS/c1-17(2)26-15-21(16-26)24-25-14-23(28-24)20-10-7-18(8-11-20)9-12-22(27)13-19-5-3-4-6-19/h7-8,10-11,14,17,19,21H,3-6,9,12-13,15-16H2,1-2H3. The Morgan fingerprint density at radius 3 is 2.57 bits per heavy atom. The monoisotopic (exact) mass is 396 g/mol. The van der Waals surface area contributed by atoms with Crippen LogP contribution in [-0.4, -0.2) is 34.8 Å². The molecule has 2 aliphatic rings. The Morgan fingerprint density at radius 1 is 1.18 bits per heavy atom. The summed E-state index contributed by atoms with van der Waals surface area (Å²) in [5.41, 5.74) is 2.50. The van der Waals surface area contributed by atoms with Gasteiger partial charge in [0.25, 0.3) is 0 Å². The molecule has 1 saturated carbocycles. The third-order valence-corrected chi connectivity index (χ3v) is 7.64. The van der Waals surface area contributed by atoms with Crippen LogP contribution in [0, 0.1) is 5.92 Å². The van der Waals surface area contributed by atoms with E-state index >= 15 is 0 Å². The zero-order valence-corrected chi connectivity index (χ0v) is 18.0. The van der Waals surface area contributed by atoms with Crippen LogP contribution in [0.3, 0.4) is 0 Å². The molecule has 2 aromatic rings. The fourth-order valence-corrected chi connectivity index (χ4v) is 5.46. The number of thiazole rings is 1. The molecule has 0 bridgehead atoms. The molecule has 150 valence electrons. The molecule has 28 heavy (non-hydrogen) atoms. The van der Waals surface area contributed by atoms with Gasteiger partial charge < -0.3 is 0 Å². The summed E-state index contributed by atoms with van der Waals surface area (Å²) >= 11 is 1.83. The maximum absolute atomic E-state index is 12.2. The molecule has 1 aromatic carbocycles. The number of hydrogen-bond donors (Lipinski definition) is 0. The van der Waals surface area contributed by atoms with Crippen molar-refractivity contribution < 1.29 is 4.79 Å². The number of nitrogens with zero attached hydrogens (tertiary/aromatic N) is 2. The Hall–Kier alpha value is -1.52. The Balaban J connectivity index is 1.28. The molecule has 2 heterocycles. The number of rotatable bonds is 8. The van der Waals surface area contributed by atoms with Gasteiger partial charge in [-0.3, -0.25) is 9.69 Å². The van der Waals surface area contributed by atoms with Gasteiger partial charge >= 0.3 is 0 Å². The van der Waals surface area contributed by atoms with Gasteiger partial charge in [-0.2, -0.15) is 0 Å². The van der Waals surface area contributed by atoms with Crippen LogP contribution in [0.25, 0.3) is 10.4 Å². The molecule has 4 rings (SSSR count). The molecule has 0 unspecified atom stereocenters. The van der Waals surface area contributed by atoms with Crippen molar-refractivity contribution in [3.05, 3.63) is 41.0 Å². The van der Waals surface area contributed by atoms with E-state index in [9.17, 15) is 4.79 Å². The van der Waals surface area contributed by atoms with E-state index in [1.807, 2.05) is 17.5 Å². The zero-order chi connectivity index (χ0) is 19.5. The minimum absolute atomic E-state index is 0.444. The van der Waals surface area contributed by atoms with Gasteiger partial charge in [-0.15, -0.1) is 11.3 Å². The predicted octanol–water partition coefficient (Wildman–Crippen LogP) is 5.70. The molecule has 1 saturated heterocycles. The van der Waals surface area contributed by atoms with E-state index < -0.39 is 0 Å². The molecule has 3 nitrogen and oxygen atoms in total. The smallest absolute Gasteiger partial charge is 0.133 e. The van der Waals surface area contributed by atoms with Gasteiger partial charge in [-0.25, -0.2) is 4.98 Å². The molecule has 0 N–H and O–H groups in total. The average Bonchev–Trinajstić information content (AvgIpc) is 3.31. The normalized spacial score (nSPS) is 18.7. The lowest BCUT2D eigenvalue weighted by molar-refractivity contribution is -0.119. The van der Waals surface area contributed by atoms with Crippen molar-refractivity contribution in [1.82, 2.24) is 9.88 Å². The molecule has 4 heteroatoms. The quantitative estimate of drug-likeness (QED) is 0.574. The van der Waals surface area contributed by atoms with Crippen LogP contribution in [-0.2, 0) is 11.2 Å². The summed E-state index contributed by atoms with van der Waals surface area (Å²) in [7, 11) is 0. The number of aromatic nitrogens is 1. The number of hydrogen-bond acceptors (Lipinski definition) is 4. The molecular formula is C24H32N2OS. The first kappa shape index (κ1) is 19.8. The molecule has 1 aliphatic carbocycles. The second-order valence-electron chi connectivity index (χ2n) is 8.90. The van der Waals surface area contributed by atoms with Crippen LogP contribution < -0.4 is 0 Å². The average molecular weight is 397 g/mol. The second kappa shape index (κ2) is 8.87. The SMILES string of the molecule is CC(C)N1CC(c2ncc(-c3ccc(CCC(=O)CC4CCCC4)cc3)s2)C1. The predicted molar refractivity (Wildman–Crippen MR) is 117 cm³/mol. The summed E-state index contributed by atoms with van der Waals surface area (Å²) in [6.45, 7) is 6.79. The first-order valence-electron chi connectivity index (χ1n) is 10.9. The van der Waals surface area contributed by atoms with Crippen molar-refractivity contribution in [3.63, 3.8) is 0 Å². The van der Waals surface area contributed by atoms with Crippen LogP contribution in [0.15, 0.2) is 30.5 Å². The number of likely N-dealkylation sites (tertiary alicyclic amines) is 1. The van der Waals surface area contributed by atoms with Crippen molar-refractivity contribution in [2.45, 2.75) is 70.8 Å². The van der Waals surface area contributed by atoms with Gasteiger partial charge in [0, 0.05) is 44.1 Å². The van der Waals surface area contributed by atoms with Gasteiger partial charge in [-0.1, -0.05) is 49.9 Å².